The zero-order valence-corrected chi connectivity index (χ0v) is 16.4. The van der Waals surface area contributed by atoms with Gasteiger partial charge in [0, 0.05) is 31.3 Å². The maximum absolute atomic E-state index is 6.19. The fourth-order valence-electron chi connectivity index (χ4n) is 2.83. The molecule has 0 bridgehead atoms. The number of benzene rings is 1. The van der Waals surface area contributed by atoms with E-state index < -0.39 is 18.3 Å². The molecule has 0 N–H and O–H groups in total. The van der Waals surface area contributed by atoms with Crippen molar-refractivity contribution in [1.29, 1.82) is 0 Å². The quantitative estimate of drug-likeness (QED) is 0.742. The highest BCUT2D eigenvalue weighted by atomic mass is 16.7. The third-order valence-corrected chi connectivity index (χ3v) is 5.23. The molecular weight excluding hydrogens is 331 g/mol. The molecule has 6 nitrogen and oxygen atoms in total. The van der Waals surface area contributed by atoms with E-state index >= 15 is 0 Å². The van der Waals surface area contributed by atoms with Crippen LogP contribution >= 0.6 is 0 Å². The molecule has 0 amide bonds. The second-order valence-corrected chi connectivity index (χ2v) is 7.54. The molecule has 1 aromatic carbocycles. The molecule has 0 atom stereocenters. The number of hydrogen-bond donors (Lipinski definition) is 0. The Morgan fingerprint density at radius 2 is 1.85 bits per heavy atom. The maximum Gasteiger partial charge on any atom is 0.498 e. The van der Waals surface area contributed by atoms with Gasteiger partial charge in [0.1, 0.15) is 17.3 Å². The summed E-state index contributed by atoms with van der Waals surface area (Å²) in [4.78, 5) is 4.33. The molecule has 0 spiro atoms. The number of aromatic nitrogens is 2. The van der Waals surface area contributed by atoms with E-state index in [1.807, 2.05) is 63.7 Å². The van der Waals surface area contributed by atoms with E-state index in [1.54, 1.807) is 13.3 Å². The van der Waals surface area contributed by atoms with Crippen molar-refractivity contribution < 1.29 is 18.8 Å². The van der Waals surface area contributed by atoms with E-state index in [0.717, 1.165) is 29.2 Å². The number of aryl methyl sites for hydroxylation is 1. The van der Waals surface area contributed by atoms with Crippen LogP contribution in [0, 0.1) is 0 Å². The Morgan fingerprint density at radius 3 is 2.42 bits per heavy atom. The minimum absolute atomic E-state index is 0.412. The summed E-state index contributed by atoms with van der Waals surface area (Å²) in [5.74, 6) is 2.46. The van der Waals surface area contributed by atoms with E-state index in [0.29, 0.717) is 6.61 Å². The number of methoxy groups -OCH3 is 1. The molecule has 140 valence electrons. The lowest BCUT2D eigenvalue weighted by atomic mass is 9.78. The number of rotatable bonds is 6. The number of hydrogen-bond acceptors (Lipinski definition) is 5. The van der Waals surface area contributed by atoms with Gasteiger partial charge in [0.15, 0.2) is 0 Å². The van der Waals surface area contributed by atoms with Gasteiger partial charge >= 0.3 is 7.12 Å². The molecule has 0 aliphatic carbocycles. The third-order valence-electron chi connectivity index (χ3n) is 5.23. The van der Waals surface area contributed by atoms with Crippen LogP contribution in [0.4, 0.5) is 0 Å². The van der Waals surface area contributed by atoms with Crippen LogP contribution in [0.25, 0.3) is 0 Å². The molecule has 0 saturated carbocycles. The van der Waals surface area contributed by atoms with Crippen LogP contribution in [0.1, 0.15) is 33.5 Å². The summed E-state index contributed by atoms with van der Waals surface area (Å²) in [5.41, 5.74) is 0.0125. The van der Waals surface area contributed by atoms with Gasteiger partial charge in [0.2, 0.25) is 0 Å². The van der Waals surface area contributed by atoms with Crippen LogP contribution in [0.3, 0.4) is 0 Å². The number of nitrogens with zero attached hydrogens (tertiary/aromatic N) is 2. The van der Waals surface area contributed by atoms with Gasteiger partial charge in [-0.2, -0.15) is 0 Å². The minimum atomic E-state index is -0.502. The Labute approximate surface area is 155 Å². The average Bonchev–Trinajstić information content (AvgIpc) is 3.08. The molecule has 0 radical (unpaired) electrons. The largest absolute Gasteiger partial charge is 0.498 e. The van der Waals surface area contributed by atoms with Gasteiger partial charge in [0.05, 0.1) is 24.9 Å². The molecule has 1 fully saturated rings. The van der Waals surface area contributed by atoms with Gasteiger partial charge in [-0.15, -0.1) is 0 Å². The molecule has 2 aromatic rings. The van der Waals surface area contributed by atoms with Crippen molar-refractivity contribution in [3.8, 4) is 11.5 Å². The first-order valence-electron chi connectivity index (χ1n) is 8.86. The summed E-state index contributed by atoms with van der Waals surface area (Å²) in [5, 5.41) is 0. The molecule has 0 unspecified atom stereocenters. The predicted molar refractivity (Wildman–Crippen MR) is 101 cm³/mol. The van der Waals surface area contributed by atoms with Crippen molar-refractivity contribution >= 4 is 12.6 Å². The summed E-state index contributed by atoms with van der Waals surface area (Å²) in [6, 6.07) is 5.70. The lowest BCUT2D eigenvalue weighted by molar-refractivity contribution is 0.00578. The molecule has 2 heterocycles. The normalized spacial score (nSPS) is 18.2. The topological polar surface area (TPSA) is 54.7 Å². The van der Waals surface area contributed by atoms with Crippen LogP contribution in [0.2, 0.25) is 0 Å². The number of imidazole rings is 1. The number of ether oxygens (including phenoxy) is 2. The van der Waals surface area contributed by atoms with Crippen LogP contribution < -0.4 is 14.9 Å². The summed E-state index contributed by atoms with van der Waals surface area (Å²) in [7, 11) is 3.12. The summed E-state index contributed by atoms with van der Waals surface area (Å²) < 4.78 is 25.8. The van der Waals surface area contributed by atoms with Gasteiger partial charge in [-0.1, -0.05) is 0 Å². The van der Waals surface area contributed by atoms with Gasteiger partial charge in [-0.05, 0) is 45.9 Å². The lowest BCUT2D eigenvalue weighted by Crippen LogP contribution is -2.41. The molecule has 3 rings (SSSR count). The van der Waals surface area contributed by atoms with Crippen molar-refractivity contribution in [3.05, 3.63) is 36.4 Å². The zero-order valence-electron chi connectivity index (χ0n) is 16.4. The molecule has 1 aliphatic rings. The van der Waals surface area contributed by atoms with Crippen molar-refractivity contribution in [3.63, 3.8) is 0 Å². The molecule has 1 aliphatic heterocycles. The van der Waals surface area contributed by atoms with Gasteiger partial charge < -0.3 is 23.3 Å². The fraction of sp³-hybridized carbons (Fsp3) is 0.526. The van der Waals surface area contributed by atoms with Crippen LogP contribution in [0.5, 0.6) is 11.5 Å². The SMILES string of the molecule is COc1ccc(OCCc2nccn2C)c(B2OC(C)(C)C(C)(C)O2)c1. The smallest absolute Gasteiger partial charge is 0.497 e. The summed E-state index contributed by atoms with van der Waals surface area (Å²) >= 11 is 0. The van der Waals surface area contributed by atoms with Crippen LogP contribution in [-0.2, 0) is 22.8 Å². The van der Waals surface area contributed by atoms with E-state index in [1.165, 1.54) is 0 Å². The molecule has 1 saturated heterocycles. The second-order valence-electron chi connectivity index (χ2n) is 7.54. The van der Waals surface area contributed by atoms with Crippen molar-refractivity contribution in [2.75, 3.05) is 13.7 Å². The molecule has 1 aromatic heterocycles. The van der Waals surface area contributed by atoms with E-state index in [4.69, 9.17) is 18.8 Å². The highest BCUT2D eigenvalue weighted by Gasteiger charge is 2.52. The highest BCUT2D eigenvalue weighted by Crippen LogP contribution is 2.37. The van der Waals surface area contributed by atoms with Gasteiger partial charge in [0.25, 0.3) is 0 Å². The minimum Gasteiger partial charge on any atom is -0.497 e. The second kappa shape index (κ2) is 6.97. The Bertz CT molecular complexity index is 757. The van der Waals surface area contributed by atoms with E-state index in [-0.39, 0.29) is 0 Å². The van der Waals surface area contributed by atoms with Crippen molar-refractivity contribution in [1.82, 2.24) is 9.55 Å². The van der Waals surface area contributed by atoms with E-state index in [2.05, 4.69) is 4.98 Å². The fourth-order valence-corrected chi connectivity index (χ4v) is 2.83. The first kappa shape index (κ1) is 18.8. The average molecular weight is 358 g/mol. The van der Waals surface area contributed by atoms with Gasteiger partial charge in [-0.25, -0.2) is 4.98 Å². The van der Waals surface area contributed by atoms with Crippen LogP contribution in [-0.4, -0.2) is 41.6 Å². The van der Waals surface area contributed by atoms with Crippen LogP contribution in [0.15, 0.2) is 30.6 Å². The monoisotopic (exact) mass is 358 g/mol. The maximum atomic E-state index is 6.19. The zero-order chi connectivity index (χ0) is 18.9. The first-order valence-corrected chi connectivity index (χ1v) is 8.86. The standard InChI is InChI=1S/C19H27BN2O4/c1-18(2)19(3,4)26-20(25-18)15-13-14(23-6)7-8-16(15)24-12-9-17-21-10-11-22(17)5/h7-8,10-11,13H,9,12H2,1-6H3. The Morgan fingerprint density at radius 1 is 1.15 bits per heavy atom. The first-order chi connectivity index (χ1) is 12.2. The molecule has 26 heavy (non-hydrogen) atoms. The predicted octanol–water partition coefficient (Wildman–Crippen LogP) is 2.35. The Hall–Kier alpha value is -1.99. The van der Waals surface area contributed by atoms with Crippen molar-refractivity contribution in [2.45, 2.75) is 45.3 Å². The Balaban J connectivity index is 1.79. The van der Waals surface area contributed by atoms with E-state index in [9.17, 15) is 0 Å². The molecule has 7 heteroatoms. The molecular formula is C19H27BN2O4. The summed E-state index contributed by atoms with van der Waals surface area (Å²) in [6.07, 6.45) is 4.44. The Kier molecular flexibility index (Phi) is 5.04. The lowest BCUT2D eigenvalue weighted by Gasteiger charge is -2.32. The summed E-state index contributed by atoms with van der Waals surface area (Å²) in [6.45, 7) is 8.66. The third kappa shape index (κ3) is 3.59. The highest BCUT2D eigenvalue weighted by molar-refractivity contribution is 6.63. The van der Waals surface area contributed by atoms with Crippen molar-refractivity contribution in [2.24, 2.45) is 7.05 Å². The van der Waals surface area contributed by atoms with Gasteiger partial charge in [-0.3, -0.25) is 0 Å².